The van der Waals surface area contributed by atoms with Gasteiger partial charge in [-0.15, -0.1) is 0 Å². The Bertz CT molecular complexity index is 895. The van der Waals surface area contributed by atoms with Crippen LogP contribution in [0.2, 0.25) is 0 Å². The molecule has 0 atom stereocenters. The number of carbonyl (C=O) groups excluding carboxylic acids is 1. The highest BCUT2D eigenvalue weighted by molar-refractivity contribution is 7.86. The van der Waals surface area contributed by atoms with Crippen molar-refractivity contribution in [3.8, 4) is 5.75 Å². The van der Waals surface area contributed by atoms with Gasteiger partial charge in [-0.3, -0.25) is 4.79 Å². The number of carbonyl (C=O) groups is 1. The third-order valence-corrected chi connectivity index (χ3v) is 5.98. The van der Waals surface area contributed by atoms with E-state index in [2.05, 4.69) is 5.32 Å². The molecule has 0 bridgehead atoms. The maximum absolute atomic E-state index is 12.5. The highest BCUT2D eigenvalue weighted by Gasteiger charge is 2.29. The van der Waals surface area contributed by atoms with Gasteiger partial charge in [0.25, 0.3) is 10.2 Å². The average molecular weight is 404 g/mol. The SMILES string of the molecule is NS(=O)(=O)N1CCC(C(=O)NCc2ccccc2COc2ccccc2)CC1. The Morgan fingerprint density at radius 2 is 1.64 bits per heavy atom. The van der Waals surface area contributed by atoms with E-state index in [9.17, 15) is 13.2 Å². The molecular weight excluding hydrogens is 378 g/mol. The summed E-state index contributed by atoms with van der Waals surface area (Å²) >= 11 is 0. The van der Waals surface area contributed by atoms with Gasteiger partial charge in [0.2, 0.25) is 5.91 Å². The van der Waals surface area contributed by atoms with Crippen molar-refractivity contribution in [2.75, 3.05) is 13.1 Å². The lowest BCUT2D eigenvalue weighted by Gasteiger charge is -2.29. The molecule has 2 aromatic rings. The fourth-order valence-corrected chi connectivity index (χ4v) is 3.97. The number of hydrogen-bond donors (Lipinski definition) is 2. The van der Waals surface area contributed by atoms with E-state index in [4.69, 9.17) is 9.88 Å². The van der Waals surface area contributed by atoms with Gasteiger partial charge < -0.3 is 10.1 Å². The highest BCUT2D eigenvalue weighted by atomic mass is 32.2. The minimum Gasteiger partial charge on any atom is -0.489 e. The second kappa shape index (κ2) is 9.18. The molecule has 1 fully saturated rings. The molecule has 1 heterocycles. The smallest absolute Gasteiger partial charge is 0.276 e. The summed E-state index contributed by atoms with van der Waals surface area (Å²) in [6.45, 7) is 1.38. The molecular formula is C20H25N3O4S. The van der Waals surface area contributed by atoms with Gasteiger partial charge in [0.1, 0.15) is 12.4 Å². The van der Waals surface area contributed by atoms with Gasteiger partial charge in [-0.05, 0) is 36.1 Å². The van der Waals surface area contributed by atoms with Crippen molar-refractivity contribution in [3.05, 3.63) is 65.7 Å². The molecule has 1 aliphatic heterocycles. The Labute approximate surface area is 165 Å². The molecule has 0 aromatic heterocycles. The quantitative estimate of drug-likeness (QED) is 0.736. The van der Waals surface area contributed by atoms with Crippen LogP contribution in [0.15, 0.2) is 54.6 Å². The van der Waals surface area contributed by atoms with Crippen molar-refractivity contribution in [1.29, 1.82) is 0 Å². The first kappa shape index (κ1) is 20.3. The lowest BCUT2D eigenvalue weighted by molar-refractivity contribution is -0.126. The maximum atomic E-state index is 12.5. The van der Waals surface area contributed by atoms with E-state index in [0.29, 0.717) is 26.0 Å². The van der Waals surface area contributed by atoms with Crippen LogP contribution in [-0.4, -0.2) is 31.7 Å². The molecule has 3 rings (SSSR count). The van der Waals surface area contributed by atoms with Crippen LogP contribution in [-0.2, 0) is 28.2 Å². The number of benzene rings is 2. The number of nitrogens with zero attached hydrogens (tertiary/aromatic N) is 1. The van der Waals surface area contributed by atoms with Crippen LogP contribution in [0.5, 0.6) is 5.75 Å². The molecule has 0 saturated carbocycles. The Morgan fingerprint density at radius 3 is 2.29 bits per heavy atom. The fourth-order valence-electron chi connectivity index (χ4n) is 3.25. The average Bonchev–Trinajstić information content (AvgIpc) is 2.71. The number of hydrogen-bond acceptors (Lipinski definition) is 4. The number of nitrogens with two attached hydrogens (primary N) is 1. The zero-order valence-electron chi connectivity index (χ0n) is 15.6. The van der Waals surface area contributed by atoms with Crippen LogP contribution in [0.4, 0.5) is 0 Å². The fraction of sp³-hybridized carbons (Fsp3) is 0.350. The summed E-state index contributed by atoms with van der Waals surface area (Å²) in [4.78, 5) is 12.5. The topological polar surface area (TPSA) is 102 Å². The molecule has 1 aliphatic rings. The molecule has 1 saturated heterocycles. The first-order valence-corrected chi connectivity index (χ1v) is 10.7. The molecule has 7 nitrogen and oxygen atoms in total. The summed E-state index contributed by atoms with van der Waals surface area (Å²) in [5, 5.41) is 8.11. The maximum Gasteiger partial charge on any atom is 0.276 e. The van der Waals surface area contributed by atoms with Gasteiger partial charge in [0.05, 0.1) is 0 Å². The Balaban J connectivity index is 1.53. The Morgan fingerprint density at radius 1 is 1.04 bits per heavy atom. The molecule has 1 amide bonds. The van der Waals surface area contributed by atoms with Crippen molar-refractivity contribution in [1.82, 2.24) is 9.62 Å². The Hall–Kier alpha value is -2.42. The summed E-state index contributed by atoms with van der Waals surface area (Å²) in [6, 6.07) is 17.4. The number of ether oxygens (including phenoxy) is 1. The van der Waals surface area contributed by atoms with E-state index in [1.54, 1.807) is 0 Å². The molecule has 0 radical (unpaired) electrons. The minimum atomic E-state index is -3.68. The first-order chi connectivity index (χ1) is 13.4. The van der Waals surface area contributed by atoms with Crippen LogP contribution in [0.25, 0.3) is 0 Å². The number of amides is 1. The number of piperidine rings is 1. The van der Waals surface area contributed by atoms with E-state index in [1.807, 2.05) is 54.6 Å². The van der Waals surface area contributed by atoms with Gasteiger partial charge in [0.15, 0.2) is 0 Å². The van der Waals surface area contributed by atoms with Crippen molar-refractivity contribution >= 4 is 16.1 Å². The largest absolute Gasteiger partial charge is 0.489 e. The summed E-state index contributed by atoms with van der Waals surface area (Å²) in [5.41, 5.74) is 2.00. The minimum absolute atomic E-state index is 0.0622. The van der Waals surface area contributed by atoms with Crippen LogP contribution >= 0.6 is 0 Å². The highest BCUT2D eigenvalue weighted by Crippen LogP contribution is 2.19. The van der Waals surface area contributed by atoms with Gasteiger partial charge in [-0.1, -0.05) is 42.5 Å². The zero-order valence-corrected chi connectivity index (χ0v) is 16.4. The number of para-hydroxylation sites is 1. The van der Waals surface area contributed by atoms with E-state index in [-0.39, 0.29) is 24.9 Å². The van der Waals surface area contributed by atoms with E-state index in [1.165, 1.54) is 4.31 Å². The van der Waals surface area contributed by atoms with Crippen LogP contribution < -0.4 is 15.2 Å². The molecule has 0 unspecified atom stereocenters. The van der Waals surface area contributed by atoms with E-state index >= 15 is 0 Å². The van der Waals surface area contributed by atoms with Crippen molar-refractivity contribution in [3.63, 3.8) is 0 Å². The lowest BCUT2D eigenvalue weighted by Crippen LogP contribution is -2.45. The molecule has 0 spiro atoms. The van der Waals surface area contributed by atoms with Crippen LogP contribution in [0, 0.1) is 5.92 Å². The van der Waals surface area contributed by atoms with Crippen LogP contribution in [0.1, 0.15) is 24.0 Å². The predicted molar refractivity (Wildman–Crippen MR) is 106 cm³/mol. The number of rotatable bonds is 7. The van der Waals surface area contributed by atoms with Crippen molar-refractivity contribution in [2.45, 2.75) is 26.0 Å². The summed E-state index contributed by atoms with van der Waals surface area (Å²) in [5.74, 6) is 0.529. The molecule has 3 N–H and O–H groups in total. The third-order valence-electron chi connectivity index (χ3n) is 4.89. The Kier molecular flexibility index (Phi) is 6.66. The van der Waals surface area contributed by atoms with Gasteiger partial charge in [-0.2, -0.15) is 12.7 Å². The summed E-state index contributed by atoms with van der Waals surface area (Å²) in [6.07, 6.45) is 0.946. The lowest BCUT2D eigenvalue weighted by atomic mass is 9.97. The first-order valence-electron chi connectivity index (χ1n) is 9.23. The zero-order chi connectivity index (χ0) is 20.0. The van der Waals surface area contributed by atoms with Gasteiger partial charge in [-0.25, -0.2) is 5.14 Å². The van der Waals surface area contributed by atoms with Gasteiger partial charge >= 0.3 is 0 Å². The molecule has 150 valence electrons. The second-order valence-electron chi connectivity index (χ2n) is 6.81. The standard InChI is InChI=1S/C20H25N3O4S/c21-28(25,26)23-12-10-16(11-13-23)20(24)22-14-17-6-4-5-7-18(17)15-27-19-8-2-1-3-9-19/h1-9,16H,10-15H2,(H,22,24)(H2,21,25,26). The van der Waals surface area contributed by atoms with Crippen molar-refractivity contribution < 1.29 is 17.9 Å². The second-order valence-corrected chi connectivity index (χ2v) is 8.35. The summed E-state index contributed by atoms with van der Waals surface area (Å²) in [7, 11) is -3.68. The molecule has 0 aliphatic carbocycles. The predicted octanol–water partition coefficient (Wildman–Crippen LogP) is 1.80. The number of nitrogens with one attached hydrogen (secondary N) is 1. The monoisotopic (exact) mass is 403 g/mol. The normalized spacial score (nSPS) is 15.9. The van der Waals surface area contributed by atoms with E-state index in [0.717, 1.165) is 16.9 Å². The van der Waals surface area contributed by atoms with Crippen molar-refractivity contribution in [2.24, 2.45) is 11.1 Å². The van der Waals surface area contributed by atoms with Crippen LogP contribution in [0.3, 0.4) is 0 Å². The molecule has 8 heteroatoms. The molecule has 2 aromatic carbocycles. The van der Waals surface area contributed by atoms with Gasteiger partial charge in [0, 0.05) is 25.6 Å². The molecule has 28 heavy (non-hydrogen) atoms. The third kappa shape index (κ3) is 5.54. The van der Waals surface area contributed by atoms with E-state index < -0.39 is 10.2 Å². The summed E-state index contributed by atoms with van der Waals surface area (Å²) < 4.78 is 29.8.